The molecule has 1 aromatic heterocycles. The van der Waals surface area contributed by atoms with Gasteiger partial charge in [-0.2, -0.15) is 14.3 Å². The van der Waals surface area contributed by atoms with Crippen molar-refractivity contribution in [2.24, 2.45) is 0 Å². The highest BCUT2D eigenvalue weighted by Gasteiger charge is 2.32. The van der Waals surface area contributed by atoms with Crippen LogP contribution in [0.3, 0.4) is 0 Å². The van der Waals surface area contributed by atoms with E-state index in [1.807, 2.05) is 36.4 Å². The predicted octanol–water partition coefficient (Wildman–Crippen LogP) is 3.70. The quantitative estimate of drug-likeness (QED) is 0.528. The van der Waals surface area contributed by atoms with Crippen molar-refractivity contribution in [1.82, 2.24) is 14.3 Å². The van der Waals surface area contributed by atoms with Crippen LogP contribution in [0.25, 0.3) is 10.8 Å². The molecule has 0 bridgehead atoms. The summed E-state index contributed by atoms with van der Waals surface area (Å²) in [5.74, 6) is 0.729. The zero-order valence-electron chi connectivity index (χ0n) is 18.8. The number of nitrogens with zero attached hydrogens (tertiary/aromatic N) is 4. The summed E-state index contributed by atoms with van der Waals surface area (Å²) >= 11 is 6.55. The summed E-state index contributed by atoms with van der Waals surface area (Å²) in [6.45, 7) is 5.47. The first-order valence-electron chi connectivity index (χ1n) is 11.0. The Morgan fingerprint density at radius 2 is 1.88 bits per heavy atom. The molecule has 8 nitrogen and oxygen atoms in total. The largest absolute Gasteiger partial charge is 0.467 e. The van der Waals surface area contributed by atoms with E-state index in [0.29, 0.717) is 44.2 Å². The highest BCUT2D eigenvalue weighted by Crippen LogP contribution is 2.39. The van der Waals surface area contributed by atoms with Gasteiger partial charge in [0, 0.05) is 54.0 Å². The van der Waals surface area contributed by atoms with Crippen molar-refractivity contribution in [3.05, 3.63) is 70.2 Å². The number of sulfonamides is 1. The molecule has 2 aromatic carbocycles. The van der Waals surface area contributed by atoms with Crippen LogP contribution in [0.2, 0.25) is 5.02 Å². The SMILES string of the molecule is C=CS(=O)(=O)N1CCN(c2nc(OC)nc3c2COC(c2cccc4cccc(Cl)c24)C3)CC1. The Hall–Kier alpha value is -2.72. The number of ether oxygens (including phenoxy) is 2. The summed E-state index contributed by atoms with van der Waals surface area (Å²) in [7, 11) is -1.90. The molecular formula is C24H25ClN4O4S. The van der Waals surface area contributed by atoms with Crippen LogP contribution in [0.5, 0.6) is 6.01 Å². The molecule has 1 atom stereocenters. The number of hydrogen-bond donors (Lipinski definition) is 0. The topological polar surface area (TPSA) is 84.9 Å². The van der Waals surface area contributed by atoms with Crippen LogP contribution in [-0.4, -0.2) is 56.0 Å². The highest BCUT2D eigenvalue weighted by molar-refractivity contribution is 7.92. The van der Waals surface area contributed by atoms with Crippen molar-refractivity contribution in [1.29, 1.82) is 0 Å². The third kappa shape index (κ3) is 4.13. The third-order valence-corrected chi connectivity index (χ3v) is 8.20. The van der Waals surface area contributed by atoms with Crippen LogP contribution in [0.1, 0.15) is 22.9 Å². The summed E-state index contributed by atoms with van der Waals surface area (Å²) in [6, 6.07) is 12.2. The van der Waals surface area contributed by atoms with Crippen LogP contribution >= 0.6 is 11.6 Å². The lowest BCUT2D eigenvalue weighted by molar-refractivity contribution is 0.0266. The van der Waals surface area contributed by atoms with Crippen LogP contribution in [0.4, 0.5) is 5.82 Å². The Bertz CT molecular complexity index is 1350. The number of aromatic nitrogens is 2. The number of anilines is 1. The van der Waals surface area contributed by atoms with Gasteiger partial charge in [0.2, 0.25) is 10.0 Å². The second kappa shape index (κ2) is 9.14. The van der Waals surface area contributed by atoms with E-state index in [-0.39, 0.29) is 12.1 Å². The number of benzene rings is 2. The molecule has 178 valence electrons. The highest BCUT2D eigenvalue weighted by atomic mass is 35.5. The van der Waals surface area contributed by atoms with Crippen LogP contribution < -0.4 is 9.64 Å². The monoisotopic (exact) mass is 500 g/mol. The summed E-state index contributed by atoms with van der Waals surface area (Å²) < 4.78 is 37.4. The first-order chi connectivity index (χ1) is 16.4. The molecule has 10 heteroatoms. The van der Waals surface area contributed by atoms with E-state index in [0.717, 1.165) is 38.8 Å². The summed E-state index contributed by atoms with van der Waals surface area (Å²) in [5.41, 5.74) is 2.79. The summed E-state index contributed by atoms with van der Waals surface area (Å²) in [6.07, 6.45) is 0.342. The van der Waals surface area contributed by atoms with E-state index >= 15 is 0 Å². The second-order valence-electron chi connectivity index (χ2n) is 8.25. The maximum absolute atomic E-state index is 12.1. The number of methoxy groups -OCH3 is 1. The molecule has 1 unspecified atom stereocenters. The third-order valence-electron chi connectivity index (χ3n) is 6.38. The van der Waals surface area contributed by atoms with E-state index in [4.69, 9.17) is 21.1 Å². The molecule has 0 N–H and O–H groups in total. The molecule has 1 saturated heterocycles. The van der Waals surface area contributed by atoms with Gasteiger partial charge >= 0.3 is 6.01 Å². The lowest BCUT2D eigenvalue weighted by Gasteiger charge is -2.36. The van der Waals surface area contributed by atoms with Gasteiger partial charge in [0.15, 0.2) is 0 Å². The Labute approximate surface area is 203 Å². The van der Waals surface area contributed by atoms with Gasteiger partial charge in [-0.05, 0) is 17.0 Å². The summed E-state index contributed by atoms with van der Waals surface area (Å²) in [4.78, 5) is 11.3. The van der Waals surface area contributed by atoms with Crippen molar-refractivity contribution < 1.29 is 17.9 Å². The van der Waals surface area contributed by atoms with Crippen molar-refractivity contribution in [2.75, 3.05) is 38.2 Å². The van der Waals surface area contributed by atoms with E-state index in [1.165, 1.54) is 4.31 Å². The second-order valence-corrected chi connectivity index (χ2v) is 10.5. The molecule has 0 amide bonds. The molecule has 2 aliphatic rings. The van der Waals surface area contributed by atoms with Crippen LogP contribution in [-0.2, 0) is 27.8 Å². The van der Waals surface area contributed by atoms with Crippen molar-refractivity contribution >= 4 is 38.2 Å². The number of fused-ring (bicyclic) bond motifs is 2. The Morgan fingerprint density at radius 3 is 2.59 bits per heavy atom. The number of halogens is 1. The van der Waals surface area contributed by atoms with Gasteiger partial charge < -0.3 is 14.4 Å². The fourth-order valence-electron chi connectivity index (χ4n) is 4.63. The molecule has 3 aromatic rings. The number of hydrogen-bond acceptors (Lipinski definition) is 7. The number of piperazine rings is 1. The Kier molecular flexibility index (Phi) is 6.20. The van der Waals surface area contributed by atoms with E-state index < -0.39 is 10.0 Å². The van der Waals surface area contributed by atoms with Crippen molar-refractivity contribution in [3.8, 4) is 6.01 Å². The number of rotatable bonds is 5. The minimum atomic E-state index is -3.44. The van der Waals surface area contributed by atoms with Gasteiger partial charge in [0.25, 0.3) is 0 Å². The molecule has 5 rings (SSSR count). The maximum atomic E-state index is 12.1. The first kappa shape index (κ1) is 23.0. The molecule has 0 saturated carbocycles. The minimum absolute atomic E-state index is 0.210. The van der Waals surface area contributed by atoms with Gasteiger partial charge in [0.1, 0.15) is 5.82 Å². The molecule has 34 heavy (non-hydrogen) atoms. The van der Waals surface area contributed by atoms with Crippen LogP contribution in [0.15, 0.2) is 48.4 Å². The van der Waals surface area contributed by atoms with Gasteiger partial charge in [0.05, 0.1) is 25.5 Å². The van der Waals surface area contributed by atoms with Crippen molar-refractivity contribution in [2.45, 2.75) is 19.1 Å². The first-order valence-corrected chi connectivity index (χ1v) is 12.9. The van der Waals surface area contributed by atoms with E-state index in [9.17, 15) is 8.42 Å². The lowest BCUT2D eigenvalue weighted by atomic mass is 9.94. The molecule has 3 heterocycles. The van der Waals surface area contributed by atoms with Gasteiger partial charge in [-0.3, -0.25) is 0 Å². The molecular weight excluding hydrogens is 476 g/mol. The van der Waals surface area contributed by atoms with Crippen LogP contribution in [0, 0.1) is 0 Å². The molecule has 1 fully saturated rings. The smallest absolute Gasteiger partial charge is 0.318 e. The molecule has 0 aliphatic carbocycles. The van der Waals surface area contributed by atoms with E-state index in [2.05, 4.69) is 21.4 Å². The minimum Gasteiger partial charge on any atom is -0.467 e. The predicted molar refractivity (Wildman–Crippen MR) is 132 cm³/mol. The van der Waals surface area contributed by atoms with E-state index in [1.54, 1.807) is 7.11 Å². The van der Waals surface area contributed by atoms with Crippen molar-refractivity contribution in [3.63, 3.8) is 0 Å². The zero-order chi connectivity index (χ0) is 23.9. The average molecular weight is 501 g/mol. The van der Waals surface area contributed by atoms with Gasteiger partial charge in [-0.1, -0.05) is 48.5 Å². The fourth-order valence-corrected chi connectivity index (χ4v) is 5.81. The van der Waals surface area contributed by atoms with Gasteiger partial charge in [-0.15, -0.1) is 0 Å². The fraction of sp³-hybridized carbons (Fsp3) is 0.333. The maximum Gasteiger partial charge on any atom is 0.318 e. The van der Waals surface area contributed by atoms with Gasteiger partial charge in [-0.25, -0.2) is 8.42 Å². The molecule has 0 spiro atoms. The Morgan fingerprint density at radius 1 is 1.15 bits per heavy atom. The molecule has 2 aliphatic heterocycles. The standard InChI is InChI=1S/C24H25ClN4O4S/c1-3-34(30,31)29-12-10-28(11-13-29)23-18-15-33-21(14-20(18)26-24(27-23)32-2)17-8-4-6-16-7-5-9-19(25)22(16)17/h3-9,21H,1,10-15H2,2H3. The molecule has 0 radical (unpaired) electrons. The zero-order valence-corrected chi connectivity index (χ0v) is 20.3. The summed E-state index contributed by atoms with van der Waals surface area (Å²) in [5, 5.41) is 3.73. The average Bonchev–Trinajstić information content (AvgIpc) is 2.87. The Balaban J connectivity index is 1.46. The lowest BCUT2D eigenvalue weighted by Crippen LogP contribution is -2.48. The normalized spacial score (nSPS) is 19.1.